The van der Waals surface area contributed by atoms with Crippen molar-refractivity contribution in [2.75, 3.05) is 17.2 Å². The molecule has 0 unspecified atom stereocenters. The number of nitrogen functional groups attached to an aromatic ring is 1. The van der Waals surface area contributed by atoms with Crippen LogP contribution in [0.5, 0.6) is 0 Å². The normalized spacial score (nSPS) is 11.5. The predicted molar refractivity (Wildman–Crippen MR) is 93.3 cm³/mol. The molecule has 2 N–H and O–H groups in total. The topological polar surface area (TPSA) is 29.3 Å². The van der Waals surface area contributed by atoms with E-state index in [0.717, 1.165) is 42.8 Å². The minimum Gasteiger partial charge on any atom is -0.399 e. The molecular formula is C18H20ClF3N2. The van der Waals surface area contributed by atoms with Gasteiger partial charge in [-0.25, -0.2) is 0 Å². The van der Waals surface area contributed by atoms with Crippen molar-refractivity contribution in [3.8, 4) is 0 Å². The maximum Gasteiger partial charge on any atom is 0.416 e. The standard InChI is InChI=1S/C18H20ClF3N2/c1-2-3-10-24(17-9-8-15(23)11-16(17)19)12-13-4-6-14(7-5-13)18(20,21)22/h4-9,11H,2-3,10,12,23H2,1H3. The Kier molecular flexibility index (Phi) is 5.99. The minimum absolute atomic E-state index is 0.488. The summed E-state index contributed by atoms with van der Waals surface area (Å²) in [7, 11) is 0. The zero-order valence-corrected chi connectivity index (χ0v) is 14.2. The van der Waals surface area contributed by atoms with Crippen LogP contribution in [0.3, 0.4) is 0 Å². The lowest BCUT2D eigenvalue weighted by molar-refractivity contribution is -0.137. The van der Waals surface area contributed by atoms with E-state index in [0.29, 0.717) is 17.3 Å². The third-order valence-electron chi connectivity index (χ3n) is 3.75. The van der Waals surface area contributed by atoms with Crippen molar-refractivity contribution in [1.82, 2.24) is 0 Å². The molecule has 0 aliphatic rings. The number of rotatable bonds is 6. The summed E-state index contributed by atoms with van der Waals surface area (Å²) in [5, 5.41) is 0.540. The molecule has 0 saturated carbocycles. The van der Waals surface area contributed by atoms with Gasteiger partial charge in [0, 0.05) is 18.8 Å². The number of hydrogen-bond acceptors (Lipinski definition) is 2. The van der Waals surface area contributed by atoms with Crippen molar-refractivity contribution in [1.29, 1.82) is 0 Å². The first kappa shape index (κ1) is 18.5. The zero-order chi connectivity index (χ0) is 17.7. The van der Waals surface area contributed by atoms with E-state index in [1.807, 2.05) is 6.07 Å². The molecule has 0 aliphatic carbocycles. The highest BCUT2D eigenvalue weighted by Crippen LogP contribution is 2.31. The fourth-order valence-electron chi connectivity index (χ4n) is 2.43. The molecule has 130 valence electrons. The van der Waals surface area contributed by atoms with E-state index >= 15 is 0 Å². The maximum atomic E-state index is 12.7. The highest BCUT2D eigenvalue weighted by Gasteiger charge is 2.30. The number of nitrogens with two attached hydrogens (primary N) is 1. The minimum atomic E-state index is -4.32. The summed E-state index contributed by atoms with van der Waals surface area (Å²) in [5.74, 6) is 0. The summed E-state index contributed by atoms with van der Waals surface area (Å²) in [5.41, 5.74) is 7.29. The van der Waals surface area contributed by atoms with Crippen molar-refractivity contribution in [2.45, 2.75) is 32.5 Å². The molecule has 2 rings (SSSR count). The fraction of sp³-hybridized carbons (Fsp3) is 0.333. The van der Waals surface area contributed by atoms with E-state index in [9.17, 15) is 13.2 Å². The lowest BCUT2D eigenvalue weighted by Crippen LogP contribution is -2.24. The van der Waals surface area contributed by atoms with Gasteiger partial charge in [0.1, 0.15) is 0 Å². The Labute approximate surface area is 145 Å². The number of alkyl halides is 3. The largest absolute Gasteiger partial charge is 0.416 e. The van der Waals surface area contributed by atoms with Gasteiger partial charge >= 0.3 is 6.18 Å². The van der Waals surface area contributed by atoms with Gasteiger partial charge in [-0.15, -0.1) is 0 Å². The van der Waals surface area contributed by atoms with E-state index in [4.69, 9.17) is 17.3 Å². The molecule has 0 fully saturated rings. The van der Waals surface area contributed by atoms with Crippen molar-refractivity contribution >= 4 is 23.0 Å². The Bertz CT molecular complexity index is 669. The van der Waals surface area contributed by atoms with Gasteiger partial charge in [-0.05, 0) is 42.3 Å². The SMILES string of the molecule is CCCCN(Cc1ccc(C(F)(F)F)cc1)c1ccc(N)cc1Cl. The van der Waals surface area contributed by atoms with E-state index in [1.54, 1.807) is 12.1 Å². The summed E-state index contributed by atoms with van der Waals surface area (Å²) in [6, 6.07) is 10.5. The van der Waals surface area contributed by atoms with Crippen LogP contribution in [-0.4, -0.2) is 6.54 Å². The van der Waals surface area contributed by atoms with Crippen LogP contribution in [0.15, 0.2) is 42.5 Å². The molecule has 24 heavy (non-hydrogen) atoms. The summed E-state index contributed by atoms with van der Waals surface area (Å²) in [6.07, 6.45) is -2.35. The number of halogens is 4. The fourth-order valence-corrected chi connectivity index (χ4v) is 2.74. The van der Waals surface area contributed by atoms with E-state index in [-0.39, 0.29) is 0 Å². The van der Waals surface area contributed by atoms with Crippen LogP contribution in [0.4, 0.5) is 24.5 Å². The van der Waals surface area contributed by atoms with Gasteiger partial charge in [0.15, 0.2) is 0 Å². The van der Waals surface area contributed by atoms with E-state index < -0.39 is 11.7 Å². The molecule has 2 aromatic rings. The Morgan fingerprint density at radius 1 is 1.08 bits per heavy atom. The second-order valence-corrected chi connectivity index (χ2v) is 6.09. The van der Waals surface area contributed by atoms with Crippen LogP contribution < -0.4 is 10.6 Å². The van der Waals surface area contributed by atoms with Crippen molar-refractivity contribution in [3.05, 3.63) is 58.6 Å². The Hall–Kier alpha value is -1.88. The van der Waals surface area contributed by atoms with Crippen molar-refractivity contribution < 1.29 is 13.2 Å². The number of anilines is 2. The van der Waals surface area contributed by atoms with Crippen LogP contribution in [0.2, 0.25) is 5.02 Å². The third-order valence-corrected chi connectivity index (χ3v) is 4.05. The van der Waals surface area contributed by atoms with Gasteiger partial charge in [-0.2, -0.15) is 13.2 Å². The van der Waals surface area contributed by atoms with Crippen LogP contribution >= 0.6 is 11.6 Å². The average Bonchev–Trinajstić information content (AvgIpc) is 2.51. The van der Waals surface area contributed by atoms with Gasteiger partial charge in [0.05, 0.1) is 16.3 Å². The molecule has 0 saturated heterocycles. The first-order valence-electron chi connectivity index (χ1n) is 7.77. The quantitative estimate of drug-likeness (QED) is 0.668. The van der Waals surface area contributed by atoms with Gasteiger partial charge < -0.3 is 10.6 Å². The molecule has 0 spiro atoms. The molecule has 0 bridgehead atoms. The average molecular weight is 357 g/mol. The number of nitrogens with zero attached hydrogens (tertiary/aromatic N) is 1. The molecule has 0 atom stereocenters. The van der Waals surface area contributed by atoms with Crippen LogP contribution in [-0.2, 0) is 12.7 Å². The summed E-state index contributed by atoms with van der Waals surface area (Å²) >= 11 is 6.28. The van der Waals surface area contributed by atoms with Gasteiger partial charge in [-0.1, -0.05) is 37.1 Å². The summed E-state index contributed by atoms with van der Waals surface area (Å²) < 4.78 is 38.0. The van der Waals surface area contributed by atoms with Gasteiger partial charge in [-0.3, -0.25) is 0 Å². The molecule has 0 aromatic heterocycles. The second kappa shape index (κ2) is 7.79. The van der Waals surface area contributed by atoms with E-state index in [1.165, 1.54) is 12.1 Å². The lowest BCUT2D eigenvalue weighted by atomic mass is 10.1. The molecule has 0 amide bonds. The third kappa shape index (κ3) is 4.81. The van der Waals surface area contributed by atoms with Crippen LogP contribution in [0.1, 0.15) is 30.9 Å². The first-order valence-corrected chi connectivity index (χ1v) is 8.15. The molecular weight excluding hydrogens is 337 g/mol. The molecule has 0 aliphatic heterocycles. The number of benzene rings is 2. The molecule has 6 heteroatoms. The second-order valence-electron chi connectivity index (χ2n) is 5.68. The monoisotopic (exact) mass is 356 g/mol. The Morgan fingerprint density at radius 2 is 1.75 bits per heavy atom. The molecule has 0 heterocycles. The van der Waals surface area contributed by atoms with Gasteiger partial charge in [0.2, 0.25) is 0 Å². The van der Waals surface area contributed by atoms with Crippen LogP contribution in [0.25, 0.3) is 0 Å². The summed E-state index contributed by atoms with van der Waals surface area (Å²) in [6.45, 7) is 3.34. The van der Waals surface area contributed by atoms with Crippen molar-refractivity contribution in [3.63, 3.8) is 0 Å². The first-order chi connectivity index (χ1) is 11.3. The zero-order valence-electron chi connectivity index (χ0n) is 13.4. The Balaban J connectivity index is 2.22. The molecule has 2 nitrogen and oxygen atoms in total. The van der Waals surface area contributed by atoms with E-state index in [2.05, 4.69) is 11.8 Å². The van der Waals surface area contributed by atoms with Gasteiger partial charge in [0.25, 0.3) is 0 Å². The lowest BCUT2D eigenvalue weighted by Gasteiger charge is -2.26. The molecule has 0 radical (unpaired) electrons. The highest BCUT2D eigenvalue weighted by molar-refractivity contribution is 6.33. The smallest absolute Gasteiger partial charge is 0.399 e. The maximum absolute atomic E-state index is 12.7. The number of unbranched alkanes of at least 4 members (excludes halogenated alkanes) is 1. The van der Waals surface area contributed by atoms with Crippen LogP contribution in [0, 0.1) is 0 Å². The summed E-state index contributed by atoms with van der Waals surface area (Å²) in [4.78, 5) is 2.06. The highest BCUT2D eigenvalue weighted by atomic mass is 35.5. The molecule has 2 aromatic carbocycles. The van der Waals surface area contributed by atoms with Crippen molar-refractivity contribution in [2.24, 2.45) is 0 Å². The predicted octanol–water partition coefficient (Wildman–Crippen LogP) is 5.75. The Morgan fingerprint density at radius 3 is 2.29 bits per heavy atom. The number of hydrogen-bond donors (Lipinski definition) is 1.